The Hall–Kier alpha value is -2.67. The summed E-state index contributed by atoms with van der Waals surface area (Å²) in [6.07, 6.45) is 0. The number of H-pyrrole nitrogens is 1. The number of fused-ring (bicyclic) bond motifs is 1. The van der Waals surface area contributed by atoms with Crippen LogP contribution in [-0.4, -0.2) is 18.5 Å². The van der Waals surface area contributed by atoms with Gasteiger partial charge in [-0.15, -0.1) is 5.11 Å². The van der Waals surface area contributed by atoms with Crippen molar-refractivity contribution in [3.05, 3.63) is 53.1 Å². The third kappa shape index (κ3) is 3.35. The standard InChI is InChI=1S/C19H21N3O3S/c1-11(2)14-7-8-16-15(10-14)18(19(23)20-16)21-22-26(24,25)17-9-12(3)5-6-13(17)4/h5-11,20,23H,1-4H3. The van der Waals surface area contributed by atoms with Gasteiger partial charge in [0.05, 0.1) is 10.4 Å². The molecule has 3 rings (SSSR count). The van der Waals surface area contributed by atoms with Gasteiger partial charge in [-0.1, -0.05) is 36.6 Å². The van der Waals surface area contributed by atoms with Crippen LogP contribution in [0.5, 0.6) is 5.88 Å². The summed E-state index contributed by atoms with van der Waals surface area (Å²) in [5.74, 6) is 0.0840. The van der Waals surface area contributed by atoms with E-state index >= 15 is 0 Å². The van der Waals surface area contributed by atoms with Crippen molar-refractivity contribution in [1.29, 1.82) is 0 Å². The molecule has 0 unspecified atom stereocenters. The van der Waals surface area contributed by atoms with Crippen LogP contribution in [0.3, 0.4) is 0 Å². The second kappa shape index (κ2) is 6.57. The monoisotopic (exact) mass is 371 g/mol. The zero-order chi connectivity index (χ0) is 19.1. The predicted octanol–water partition coefficient (Wildman–Crippen LogP) is 5.09. The number of hydrogen-bond donors (Lipinski definition) is 2. The van der Waals surface area contributed by atoms with Gasteiger partial charge in [-0.25, -0.2) is 0 Å². The van der Waals surface area contributed by atoms with Crippen LogP contribution in [-0.2, 0) is 10.0 Å². The smallest absolute Gasteiger partial charge is 0.300 e. The van der Waals surface area contributed by atoms with E-state index in [0.717, 1.165) is 11.1 Å². The number of aryl methyl sites for hydroxylation is 2. The molecular formula is C19H21N3O3S. The zero-order valence-electron chi connectivity index (χ0n) is 15.1. The lowest BCUT2D eigenvalue weighted by atomic mass is 10.0. The Labute approximate surface area is 152 Å². The summed E-state index contributed by atoms with van der Waals surface area (Å²) in [6, 6.07) is 10.8. The topological polar surface area (TPSA) is 94.9 Å². The molecule has 0 fully saturated rings. The van der Waals surface area contributed by atoms with Crippen LogP contribution < -0.4 is 0 Å². The van der Waals surface area contributed by atoms with Crippen LogP contribution in [0.1, 0.15) is 36.5 Å². The molecule has 0 atom stereocenters. The van der Waals surface area contributed by atoms with E-state index in [1.165, 1.54) is 0 Å². The van der Waals surface area contributed by atoms with Gasteiger partial charge in [-0.2, -0.15) is 8.42 Å². The molecule has 1 heterocycles. The zero-order valence-corrected chi connectivity index (χ0v) is 15.9. The lowest BCUT2D eigenvalue weighted by Gasteiger charge is -2.05. The maximum absolute atomic E-state index is 12.6. The molecule has 3 aromatic rings. The summed E-state index contributed by atoms with van der Waals surface area (Å²) in [6.45, 7) is 7.63. The Kier molecular flexibility index (Phi) is 4.58. The maximum atomic E-state index is 12.6. The summed E-state index contributed by atoms with van der Waals surface area (Å²) in [4.78, 5) is 2.91. The lowest BCUT2D eigenvalue weighted by molar-refractivity contribution is 0.459. The number of aromatic nitrogens is 1. The van der Waals surface area contributed by atoms with Gasteiger partial charge in [0, 0.05) is 5.39 Å². The Morgan fingerprint density at radius 3 is 2.50 bits per heavy atom. The van der Waals surface area contributed by atoms with Gasteiger partial charge in [-0.3, -0.25) is 0 Å². The van der Waals surface area contributed by atoms with Crippen LogP contribution >= 0.6 is 0 Å². The quantitative estimate of drug-likeness (QED) is 0.626. The van der Waals surface area contributed by atoms with Gasteiger partial charge in [0.1, 0.15) is 0 Å². The molecule has 6 nitrogen and oxygen atoms in total. The van der Waals surface area contributed by atoms with Crippen molar-refractivity contribution in [2.45, 2.75) is 38.5 Å². The van der Waals surface area contributed by atoms with E-state index in [9.17, 15) is 13.5 Å². The molecule has 0 amide bonds. The fourth-order valence-electron chi connectivity index (χ4n) is 2.77. The maximum Gasteiger partial charge on any atom is 0.300 e. The fraction of sp³-hybridized carbons (Fsp3) is 0.263. The average molecular weight is 371 g/mol. The molecule has 0 aliphatic rings. The second-order valence-electron chi connectivity index (χ2n) is 6.71. The van der Waals surface area contributed by atoms with E-state index in [0.29, 0.717) is 22.4 Å². The first-order valence-electron chi connectivity index (χ1n) is 8.29. The largest absolute Gasteiger partial charge is 0.493 e. The number of benzene rings is 2. The Morgan fingerprint density at radius 2 is 1.81 bits per heavy atom. The Morgan fingerprint density at radius 1 is 1.08 bits per heavy atom. The highest BCUT2D eigenvalue weighted by Crippen LogP contribution is 2.37. The molecule has 0 aliphatic carbocycles. The molecule has 0 aliphatic heterocycles. The lowest BCUT2D eigenvalue weighted by Crippen LogP contribution is -1.99. The first kappa shape index (κ1) is 18.1. The van der Waals surface area contributed by atoms with Crippen molar-refractivity contribution in [3.8, 4) is 5.88 Å². The van der Waals surface area contributed by atoms with Crippen molar-refractivity contribution in [2.24, 2.45) is 9.63 Å². The molecule has 0 saturated heterocycles. The molecule has 1 aromatic heterocycles. The van der Waals surface area contributed by atoms with Crippen molar-refractivity contribution in [2.75, 3.05) is 0 Å². The normalized spacial score (nSPS) is 12.5. The third-order valence-electron chi connectivity index (χ3n) is 4.31. The van der Waals surface area contributed by atoms with Crippen molar-refractivity contribution in [1.82, 2.24) is 4.98 Å². The summed E-state index contributed by atoms with van der Waals surface area (Å²) in [7, 11) is -3.97. The average Bonchev–Trinajstić information content (AvgIpc) is 2.89. The number of aromatic amines is 1. The summed E-state index contributed by atoms with van der Waals surface area (Å²) >= 11 is 0. The van der Waals surface area contributed by atoms with Gasteiger partial charge in [0.25, 0.3) is 10.0 Å². The number of sulfonamides is 1. The third-order valence-corrected chi connectivity index (χ3v) is 5.60. The van der Waals surface area contributed by atoms with E-state index in [-0.39, 0.29) is 16.5 Å². The number of rotatable bonds is 4. The number of aromatic hydroxyl groups is 1. The summed E-state index contributed by atoms with van der Waals surface area (Å²) < 4.78 is 28.7. The van der Waals surface area contributed by atoms with E-state index in [1.54, 1.807) is 19.1 Å². The SMILES string of the molecule is Cc1ccc(C)c(S(=O)(=O)N=Nc2c(O)[nH]c3ccc(C(C)C)cc23)c1. The molecule has 26 heavy (non-hydrogen) atoms. The van der Waals surface area contributed by atoms with Gasteiger partial charge >= 0.3 is 0 Å². The van der Waals surface area contributed by atoms with Crippen molar-refractivity contribution in [3.63, 3.8) is 0 Å². The van der Waals surface area contributed by atoms with E-state index in [1.807, 2.05) is 31.2 Å². The molecule has 7 heteroatoms. The molecule has 136 valence electrons. The first-order valence-corrected chi connectivity index (χ1v) is 9.73. The highest BCUT2D eigenvalue weighted by molar-refractivity contribution is 7.90. The Bertz CT molecular complexity index is 1110. The van der Waals surface area contributed by atoms with Gasteiger partial charge in [-0.05, 0) is 54.7 Å². The molecule has 2 N–H and O–H groups in total. The molecule has 2 aromatic carbocycles. The van der Waals surface area contributed by atoms with Crippen LogP contribution in [0, 0.1) is 13.8 Å². The molecule has 0 radical (unpaired) electrons. The van der Waals surface area contributed by atoms with Gasteiger partial charge in [0.15, 0.2) is 5.69 Å². The van der Waals surface area contributed by atoms with Crippen LogP contribution in [0.2, 0.25) is 0 Å². The van der Waals surface area contributed by atoms with Gasteiger partial charge in [0.2, 0.25) is 5.88 Å². The minimum atomic E-state index is -3.97. The number of nitrogens with zero attached hydrogens (tertiary/aromatic N) is 2. The molecule has 0 spiro atoms. The number of hydrogen-bond acceptors (Lipinski definition) is 4. The second-order valence-corrected chi connectivity index (χ2v) is 8.26. The fourth-order valence-corrected chi connectivity index (χ4v) is 3.85. The summed E-state index contributed by atoms with van der Waals surface area (Å²) in [5.41, 5.74) is 3.27. The van der Waals surface area contributed by atoms with E-state index < -0.39 is 10.0 Å². The highest BCUT2D eigenvalue weighted by Gasteiger charge is 2.18. The van der Waals surface area contributed by atoms with Crippen LogP contribution in [0.25, 0.3) is 10.9 Å². The minimum absolute atomic E-state index is 0.114. The minimum Gasteiger partial charge on any atom is -0.493 e. The Balaban J connectivity index is 2.09. The van der Waals surface area contributed by atoms with Crippen LogP contribution in [0.4, 0.5) is 5.69 Å². The molecule has 0 saturated carbocycles. The van der Waals surface area contributed by atoms with E-state index in [4.69, 9.17) is 0 Å². The molecule has 0 bridgehead atoms. The predicted molar refractivity (Wildman–Crippen MR) is 102 cm³/mol. The highest BCUT2D eigenvalue weighted by atomic mass is 32.2. The summed E-state index contributed by atoms with van der Waals surface area (Å²) in [5, 5.41) is 14.6. The van der Waals surface area contributed by atoms with Crippen molar-refractivity contribution < 1.29 is 13.5 Å². The number of nitrogens with one attached hydrogen (secondary N) is 1. The first-order chi connectivity index (χ1) is 12.2. The molecular weight excluding hydrogens is 350 g/mol. The van der Waals surface area contributed by atoms with Crippen LogP contribution in [0.15, 0.2) is 50.9 Å². The van der Waals surface area contributed by atoms with Gasteiger partial charge < -0.3 is 10.1 Å². The van der Waals surface area contributed by atoms with Crippen molar-refractivity contribution >= 4 is 26.6 Å². The van der Waals surface area contributed by atoms with E-state index in [2.05, 4.69) is 28.5 Å².